The van der Waals surface area contributed by atoms with Crippen molar-refractivity contribution in [1.82, 2.24) is 10.6 Å². The first kappa shape index (κ1) is 17.8. The largest absolute Gasteiger partial charge is 0.481 e. The van der Waals surface area contributed by atoms with Crippen LogP contribution < -0.4 is 10.6 Å². The first-order valence-electron chi connectivity index (χ1n) is 8.05. The summed E-state index contributed by atoms with van der Waals surface area (Å²) in [5, 5.41) is 14.6. The van der Waals surface area contributed by atoms with Crippen LogP contribution in [0.4, 0.5) is 4.79 Å². The number of amides is 2. The number of carbonyl (C=O) groups excluding carboxylic acids is 1. The minimum Gasteiger partial charge on any atom is -0.481 e. The van der Waals surface area contributed by atoms with Crippen LogP contribution in [-0.4, -0.2) is 29.7 Å². The van der Waals surface area contributed by atoms with Gasteiger partial charge in [0.15, 0.2) is 0 Å². The van der Waals surface area contributed by atoms with Crippen LogP contribution in [0.15, 0.2) is 0 Å². The number of aliphatic carboxylic acids is 1. The van der Waals surface area contributed by atoms with E-state index >= 15 is 0 Å². The molecule has 0 saturated heterocycles. The lowest BCUT2D eigenvalue weighted by atomic mass is 9.84. The molecule has 122 valence electrons. The van der Waals surface area contributed by atoms with Gasteiger partial charge >= 0.3 is 12.0 Å². The molecule has 5 nitrogen and oxygen atoms in total. The third-order valence-corrected chi connectivity index (χ3v) is 4.37. The predicted molar refractivity (Wildman–Crippen MR) is 83.2 cm³/mol. The molecule has 5 heteroatoms. The van der Waals surface area contributed by atoms with E-state index in [-0.39, 0.29) is 17.9 Å². The number of hydrogen-bond acceptors (Lipinski definition) is 2. The summed E-state index contributed by atoms with van der Waals surface area (Å²) >= 11 is 0. The summed E-state index contributed by atoms with van der Waals surface area (Å²) in [5.41, 5.74) is -0.0645. The van der Waals surface area contributed by atoms with Crippen LogP contribution in [0.25, 0.3) is 0 Å². The van der Waals surface area contributed by atoms with E-state index in [2.05, 4.69) is 17.6 Å². The molecule has 0 aromatic heterocycles. The van der Waals surface area contributed by atoms with Crippen molar-refractivity contribution in [3.8, 4) is 0 Å². The summed E-state index contributed by atoms with van der Waals surface area (Å²) < 4.78 is 0. The first-order valence-corrected chi connectivity index (χ1v) is 8.05. The first-order chi connectivity index (χ1) is 9.78. The van der Waals surface area contributed by atoms with E-state index in [9.17, 15) is 9.59 Å². The second-order valence-electron chi connectivity index (χ2n) is 7.18. The maximum absolute atomic E-state index is 11.9. The van der Waals surface area contributed by atoms with Crippen molar-refractivity contribution in [3.05, 3.63) is 0 Å². The average molecular weight is 298 g/mol. The molecule has 1 aliphatic rings. The molecule has 0 radical (unpaired) electrons. The van der Waals surface area contributed by atoms with Gasteiger partial charge in [-0.15, -0.1) is 0 Å². The Kier molecular flexibility index (Phi) is 6.99. The highest BCUT2D eigenvalue weighted by Crippen LogP contribution is 2.26. The van der Waals surface area contributed by atoms with Crippen LogP contribution >= 0.6 is 0 Å². The van der Waals surface area contributed by atoms with Gasteiger partial charge in [-0.05, 0) is 37.0 Å². The van der Waals surface area contributed by atoms with Gasteiger partial charge in [0.1, 0.15) is 0 Å². The van der Waals surface area contributed by atoms with Gasteiger partial charge < -0.3 is 15.7 Å². The van der Waals surface area contributed by atoms with Crippen molar-refractivity contribution >= 4 is 12.0 Å². The van der Waals surface area contributed by atoms with Gasteiger partial charge in [0.2, 0.25) is 0 Å². The number of carbonyl (C=O) groups is 2. The van der Waals surface area contributed by atoms with E-state index in [1.165, 1.54) is 12.8 Å². The van der Waals surface area contributed by atoms with Gasteiger partial charge in [-0.25, -0.2) is 4.79 Å². The monoisotopic (exact) mass is 298 g/mol. The predicted octanol–water partition coefficient (Wildman–Crippen LogP) is 3.15. The fourth-order valence-corrected chi connectivity index (χ4v) is 2.89. The summed E-state index contributed by atoms with van der Waals surface area (Å²) in [6.07, 6.45) is 6.19. The molecular weight excluding hydrogens is 268 g/mol. The Bertz CT molecular complexity index is 355. The van der Waals surface area contributed by atoms with E-state index in [1.807, 2.05) is 13.8 Å². The van der Waals surface area contributed by atoms with Crippen molar-refractivity contribution in [3.63, 3.8) is 0 Å². The average Bonchev–Trinajstić information content (AvgIpc) is 2.36. The molecule has 3 N–H and O–H groups in total. The van der Waals surface area contributed by atoms with E-state index in [0.717, 1.165) is 19.3 Å². The Morgan fingerprint density at radius 2 is 1.95 bits per heavy atom. The quantitative estimate of drug-likeness (QED) is 0.675. The number of carboxylic acid groups (broad SMARTS) is 1. The lowest BCUT2D eigenvalue weighted by molar-refractivity contribution is -0.137. The topological polar surface area (TPSA) is 78.4 Å². The molecule has 0 aliphatic heterocycles. The SMILES string of the molecule is CC1CCCC(NC(=O)NCCC(C)(C)CCC(=O)O)C1. The Balaban J connectivity index is 2.19. The molecular formula is C16H30N2O3. The fraction of sp³-hybridized carbons (Fsp3) is 0.875. The molecule has 0 heterocycles. The standard InChI is InChI=1S/C16H30N2O3/c1-12-5-4-6-13(11-12)18-15(21)17-10-9-16(2,3)8-7-14(19)20/h12-13H,4-11H2,1-3H3,(H,19,20)(H2,17,18,21). The zero-order chi connectivity index (χ0) is 15.9. The molecule has 2 atom stereocenters. The highest BCUT2D eigenvalue weighted by molar-refractivity contribution is 5.74. The lowest BCUT2D eigenvalue weighted by Gasteiger charge is -2.28. The Morgan fingerprint density at radius 3 is 2.57 bits per heavy atom. The Morgan fingerprint density at radius 1 is 1.24 bits per heavy atom. The maximum atomic E-state index is 11.9. The van der Waals surface area contributed by atoms with Crippen molar-refractivity contribution in [2.75, 3.05) is 6.54 Å². The van der Waals surface area contributed by atoms with Crippen LogP contribution in [0, 0.1) is 11.3 Å². The van der Waals surface area contributed by atoms with Gasteiger partial charge in [0.25, 0.3) is 0 Å². The van der Waals surface area contributed by atoms with E-state index in [4.69, 9.17) is 5.11 Å². The van der Waals surface area contributed by atoms with Crippen LogP contribution in [0.5, 0.6) is 0 Å². The molecule has 1 rings (SSSR count). The number of nitrogens with one attached hydrogen (secondary N) is 2. The second-order valence-corrected chi connectivity index (χ2v) is 7.18. The Labute approximate surface area is 127 Å². The van der Waals surface area contributed by atoms with Crippen LogP contribution in [0.2, 0.25) is 0 Å². The molecule has 0 bridgehead atoms. The molecule has 1 fully saturated rings. The maximum Gasteiger partial charge on any atom is 0.315 e. The van der Waals surface area contributed by atoms with Gasteiger partial charge in [0, 0.05) is 19.0 Å². The summed E-state index contributed by atoms with van der Waals surface area (Å²) in [6, 6.07) is 0.205. The van der Waals surface area contributed by atoms with Crippen LogP contribution in [0.3, 0.4) is 0 Å². The van der Waals surface area contributed by atoms with Crippen LogP contribution in [-0.2, 0) is 4.79 Å². The zero-order valence-electron chi connectivity index (χ0n) is 13.6. The minimum atomic E-state index is -0.764. The molecule has 2 unspecified atom stereocenters. The van der Waals surface area contributed by atoms with E-state index in [1.54, 1.807) is 0 Å². The summed E-state index contributed by atoms with van der Waals surface area (Å²) in [7, 11) is 0. The van der Waals surface area contributed by atoms with Gasteiger partial charge in [-0.2, -0.15) is 0 Å². The zero-order valence-corrected chi connectivity index (χ0v) is 13.6. The molecule has 0 spiro atoms. The number of rotatable bonds is 7. The normalized spacial score (nSPS) is 22.6. The summed E-state index contributed by atoms with van der Waals surface area (Å²) in [5.74, 6) is -0.0702. The fourth-order valence-electron chi connectivity index (χ4n) is 2.89. The Hall–Kier alpha value is -1.26. The second kappa shape index (κ2) is 8.25. The van der Waals surface area contributed by atoms with Gasteiger partial charge in [-0.3, -0.25) is 4.79 Å². The van der Waals surface area contributed by atoms with Crippen molar-refractivity contribution in [2.45, 2.75) is 71.8 Å². The van der Waals surface area contributed by atoms with E-state index < -0.39 is 5.97 Å². The highest BCUT2D eigenvalue weighted by Gasteiger charge is 2.21. The van der Waals surface area contributed by atoms with Crippen molar-refractivity contribution < 1.29 is 14.7 Å². The highest BCUT2D eigenvalue weighted by atomic mass is 16.4. The molecule has 0 aromatic carbocycles. The number of hydrogen-bond donors (Lipinski definition) is 3. The molecule has 21 heavy (non-hydrogen) atoms. The smallest absolute Gasteiger partial charge is 0.315 e. The van der Waals surface area contributed by atoms with Crippen molar-refractivity contribution in [2.24, 2.45) is 11.3 Å². The van der Waals surface area contributed by atoms with Gasteiger partial charge in [-0.1, -0.05) is 33.6 Å². The van der Waals surface area contributed by atoms with Crippen LogP contribution in [0.1, 0.15) is 65.7 Å². The van der Waals surface area contributed by atoms with E-state index in [0.29, 0.717) is 24.9 Å². The summed E-state index contributed by atoms with van der Waals surface area (Å²) in [4.78, 5) is 22.4. The molecule has 1 saturated carbocycles. The third kappa shape index (κ3) is 7.93. The molecule has 2 amide bonds. The summed E-state index contributed by atoms with van der Waals surface area (Å²) in [6.45, 7) is 6.90. The number of carboxylic acids is 1. The number of urea groups is 1. The van der Waals surface area contributed by atoms with Gasteiger partial charge in [0.05, 0.1) is 0 Å². The third-order valence-electron chi connectivity index (χ3n) is 4.37. The minimum absolute atomic E-state index is 0.0645. The lowest BCUT2D eigenvalue weighted by Crippen LogP contribution is -2.44. The molecule has 0 aromatic rings. The molecule has 1 aliphatic carbocycles. The van der Waals surface area contributed by atoms with Crippen molar-refractivity contribution in [1.29, 1.82) is 0 Å².